The second-order valence-electron chi connectivity index (χ2n) is 21.7. The molecule has 0 atom stereocenters. The summed E-state index contributed by atoms with van der Waals surface area (Å²) in [6, 6.07) is 62.8. The smallest absolute Gasteiger partial charge is 0.136 e. The number of rotatable bonds is 7. The Hall–Kier alpha value is -7.08. The molecule has 9 aromatic carbocycles. The van der Waals surface area contributed by atoms with Crippen molar-refractivity contribution in [2.45, 2.75) is 78.9 Å². The Morgan fingerprint density at radius 2 is 0.672 bits per heavy atom. The lowest BCUT2D eigenvalue weighted by Gasteiger charge is -2.28. The molecule has 5 heteroatoms. The third-order valence-electron chi connectivity index (χ3n) is 13.7. The van der Waals surface area contributed by atoms with Crippen molar-refractivity contribution < 1.29 is 8.83 Å². The Labute approximate surface area is 395 Å². The standard InChI is InChI=1S/C62H58N2O2Si/c1-39-11-19-46(20-12-39)63(47-23-15-44(16-24-47)61(2,3)4)50-21-13-40-33-53-55-37-60-56(38-59(55)65-57(53)35-42(40)31-50)54-34-41-14-22-51(32-43(41)36-58(54)66-60)64(48-25-17-45(18-26-48)62(5,6)7)49-27-29-52(30-28-49)67(8,9)10/h11-38H,1-10H3. The van der Waals surface area contributed by atoms with Gasteiger partial charge in [0.1, 0.15) is 22.3 Å². The van der Waals surface area contributed by atoms with Gasteiger partial charge in [-0.1, -0.05) is 133 Å². The van der Waals surface area contributed by atoms with Crippen molar-refractivity contribution in [1.82, 2.24) is 0 Å². The van der Waals surface area contributed by atoms with Crippen LogP contribution in [0.15, 0.2) is 179 Å². The Balaban J connectivity index is 0.974. The van der Waals surface area contributed by atoms with Gasteiger partial charge in [-0.25, -0.2) is 0 Å². The molecular formula is C62H58N2O2Si. The first-order chi connectivity index (χ1) is 31.9. The summed E-state index contributed by atoms with van der Waals surface area (Å²) in [7, 11) is -1.46. The van der Waals surface area contributed by atoms with E-state index >= 15 is 0 Å². The van der Waals surface area contributed by atoms with Gasteiger partial charge in [0.25, 0.3) is 0 Å². The van der Waals surface area contributed by atoms with Crippen molar-refractivity contribution in [3.8, 4) is 0 Å². The Morgan fingerprint density at radius 1 is 0.343 bits per heavy atom. The number of anilines is 6. The number of hydrogen-bond acceptors (Lipinski definition) is 4. The van der Waals surface area contributed by atoms with E-state index in [-0.39, 0.29) is 10.8 Å². The average molecular weight is 891 g/mol. The van der Waals surface area contributed by atoms with Crippen LogP contribution >= 0.6 is 0 Å². The van der Waals surface area contributed by atoms with Gasteiger partial charge in [0, 0.05) is 55.7 Å². The highest BCUT2D eigenvalue weighted by Crippen LogP contribution is 2.43. The van der Waals surface area contributed by atoms with Gasteiger partial charge in [0.15, 0.2) is 0 Å². The molecule has 0 aliphatic heterocycles. The van der Waals surface area contributed by atoms with Crippen molar-refractivity contribution in [2.24, 2.45) is 0 Å². The summed E-state index contributed by atoms with van der Waals surface area (Å²) in [4.78, 5) is 4.71. The number of hydrogen-bond donors (Lipinski definition) is 0. The van der Waals surface area contributed by atoms with Crippen LogP contribution in [0.3, 0.4) is 0 Å². The molecular weight excluding hydrogens is 833 g/mol. The lowest BCUT2D eigenvalue weighted by atomic mass is 9.87. The van der Waals surface area contributed by atoms with E-state index in [1.54, 1.807) is 0 Å². The minimum absolute atomic E-state index is 0.0731. The van der Waals surface area contributed by atoms with Gasteiger partial charge in [-0.2, -0.15) is 0 Å². The molecule has 4 nitrogen and oxygen atoms in total. The van der Waals surface area contributed by atoms with E-state index in [1.807, 2.05) is 0 Å². The van der Waals surface area contributed by atoms with Crippen molar-refractivity contribution in [3.05, 3.63) is 187 Å². The highest BCUT2D eigenvalue weighted by molar-refractivity contribution is 6.88. The van der Waals surface area contributed by atoms with Crippen LogP contribution in [0, 0.1) is 6.92 Å². The molecule has 0 saturated carbocycles. The van der Waals surface area contributed by atoms with Gasteiger partial charge >= 0.3 is 0 Å². The number of furan rings is 2. The van der Waals surface area contributed by atoms with E-state index in [9.17, 15) is 0 Å². The summed E-state index contributed by atoms with van der Waals surface area (Å²) in [5.41, 5.74) is 14.2. The van der Waals surface area contributed by atoms with Crippen LogP contribution in [0.25, 0.3) is 65.4 Å². The molecule has 0 N–H and O–H groups in total. The van der Waals surface area contributed by atoms with E-state index in [4.69, 9.17) is 8.83 Å². The first-order valence-corrected chi connectivity index (χ1v) is 27.1. The van der Waals surface area contributed by atoms with Gasteiger partial charge in [-0.05, 0) is 160 Å². The van der Waals surface area contributed by atoms with Crippen molar-refractivity contribution in [1.29, 1.82) is 0 Å². The normalized spacial score (nSPS) is 12.6. The quantitative estimate of drug-likeness (QED) is 0.149. The van der Waals surface area contributed by atoms with Crippen LogP contribution in [0.2, 0.25) is 19.6 Å². The maximum Gasteiger partial charge on any atom is 0.136 e. The summed E-state index contributed by atoms with van der Waals surface area (Å²) in [5.74, 6) is 0. The van der Waals surface area contributed by atoms with E-state index in [1.165, 1.54) is 21.9 Å². The zero-order valence-electron chi connectivity index (χ0n) is 40.4. The molecule has 2 aromatic heterocycles. The fraction of sp³-hybridized carbons (Fsp3) is 0.194. The molecule has 0 spiro atoms. The zero-order chi connectivity index (χ0) is 46.6. The van der Waals surface area contributed by atoms with E-state index in [2.05, 4.69) is 248 Å². The topological polar surface area (TPSA) is 32.8 Å². The van der Waals surface area contributed by atoms with Crippen molar-refractivity contribution >= 4 is 113 Å². The molecule has 0 radical (unpaired) electrons. The zero-order valence-corrected chi connectivity index (χ0v) is 41.4. The summed E-state index contributed by atoms with van der Waals surface area (Å²) >= 11 is 0. The molecule has 0 bridgehead atoms. The van der Waals surface area contributed by atoms with Crippen LogP contribution in [0.1, 0.15) is 58.2 Å². The molecule has 0 unspecified atom stereocenters. The average Bonchev–Trinajstić information content (AvgIpc) is 3.82. The van der Waals surface area contributed by atoms with Gasteiger partial charge in [-0.3, -0.25) is 0 Å². The summed E-state index contributed by atoms with van der Waals surface area (Å²) in [6.45, 7) is 22.9. The van der Waals surface area contributed by atoms with E-state index in [0.29, 0.717) is 0 Å². The highest BCUT2D eigenvalue weighted by atomic mass is 28.3. The van der Waals surface area contributed by atoms with E-state index < -0.39 is 8.07 Å². The fourth-order valence-electron chi connectivity index (χ4n) is 9.70. The molecule has 2 heterocycles. The molecule has 0 aliphatic rings. The van der Waals surface area contributed by atoms with Crippen LogP contribution in [0.5, 0.6) is 0 Å². The second kappa shape index (κ2) is 15.5. The summed E-state index contributed by atoms with van der Waals surface area (Å²) in [5, 5.41) is 10.3. The second-order valence-corrected chi connectivity index (χ2v) is 26.8. The molecule has 0 aliphatic carbocycles. The monoisotopic (exact) mass is 890 g/mol. The van der Waals surface area contributed by atoms with E-state index in [0.717, 1.165) is 99.5 Å². The third kappa shape index (κ3) is 7.75. The van der Waals surface area contributed by atoms with Crippen LogP contribution in [0.4, 0.5) is 34.1 Å². The van der Waals surface area contributed by atoms with Crippen molar-refractivity contribution in [3.63, 3.8) is 0 Å². The number of fused-ring (bicyclic) bond motifs is 8. The minimum atomic E-state index is -1.46. The number of nitrogens with zero attached hydrogens (tertiary/aromatic N) is 2. The highest BCUT2D eigenvalue weighted by Gasteiger charge is 2.22. The molecule has 0 amide bonds. The van der Waals surface area contributed by atoms with Gasteiger partial charge < -0.3 is 18.6 Å². The minimum Gasteiger partial charge on any atom is -0.456 e. The Kier molecular flexibility index (Phi) is 9.84. The first kappa shape index (κ1) is 42.5. The molecule has 67 heavy (non-hydrogen) atoms. The largest absolute Gasteiger partial charge is 0.456 e. The molecule has 0 fully saturated rings. The molecule has 11 rings (SSSR count). The number of benzene rings is 9. The fourth-order valence-corrected chi connectivity index (χ4v) is 10.9. The predicted octanol–water partition coefficient (Wildman–Crippen LogP) is 18.2. The Morgan fingerprint density at radius 3 is 1.04 bits per heavy atom. The van der Waals surface area contributed by atoms with Gasteiger partial charge in [0.05, 0.1) is 8.07 Å². The maximum absolute atomic E-state index is 6.74. The lowest BCUT2D eigenvalue weighted by molar-refractivity contribution is 0.590. The van der Waals surface area contributed by atoms with Crippen molar-refractivity contribution in [2.75, 3.05) is 9.80 Å². The first-order valence-electron chi connectivity index (χ1n) is 23.6. The lowest BCUT2D eigenvalue weighted by Crippen LogP contribution is -2.37. The van der Waals surface area contributed by atoms with Gasteiger partial charge in [-0.15, -0.1) is 0 Å². The Bertz CT molecular complexity index is 3610. The molecule has 0 saturated heterocycles. The molecule has 11 aromatic rings. The van der Waals surface area contributed by atoms with Gasteiger partial charge in [0.2, 0.25) is 0 Å². The van der Waals surface area contributed by atoms with Crippen LogP contribution in [-0.2, 0) is 10.8 Å². The molecule has 332 valence electrons. The third-order valence-corrected chi connectivity index (χ3v) is 15.8. The summed E-state index contributed by atoms with van der Waals surface area (Å²) < 4.78 is 13.5. The SMILES string of the molecule is Cc1ccc(N(c2ccc(C(C)(C)C)cc2)c2ccc3cc4c(cc3c2)oc2cc3c(cc24)oc2cc4cc(N(c5ccc(C(C)(C)C)cc5)c5ccc([Si](C)(C)C)cc5)ccc4cc23)cc1. The maximum atomic E-state index is 6.74. The summed E-state index contributed by atoms with van der Waals surface area (Å²) in [6.07, 6.45) is 0. The predicted molar refractivity (Wildman–Crippen MR) is 290 cm³/mol. The number of aryl methyl sites for hydroxylation is 1. The van der Waals surface area contributed by atoms with Crippen LogP contribution in [-0.4, -0.2) is 8.07 Å². The van der Waals surface area contributed by atoms with Crippen LogP contribution < -0.4 is 15.0 Å².